The third-order valence-electron chi connectivity index (χ3n) is 3.50. The Bertz CT molecular complexity index is 1060. The molecule has 3 aromatic rings. The first-order valence-corrected chi connectivity index (χ1v) is 8.20. The van der Waals surface area contributed by atoms with Gasteiger partial charge in [-0.3, -0.25) is 4.98 Å². The number of phenolic OH excluding ortho intramolecular Hbond substituents is 1. The maximum Gasteiger partial charge on any atom is 0.345 e. The number of aromatic hydroxyl groups is 1. The van der Waals surface area contributed by atoms with E-state index in [0.717, 1.165) is 0 Å². The lowest BCUT2D eigenvalue weighted by Crippen LogP contribution is -2.19. The summed E-state index contributed by atoms with van der Waals surface area (Å²) in [7, 11) is -3.94. The number of sulfone groups is 1. The van der Waals surface area contributed by atoms with Gasteiger partial charge >= 0.3 is 5.69 Å². The second kappa shape index (κ2) is 5.17. The molecule has 2 aromatic heterocycles. The van der Waals surface area contributed by atoms with Crippen molar-refractivity contribution in [3.8, 4) is 5.75 Å². The molecule has 118 valence electrons. The number of aromatic amines is 1. The molecular weight excluding hydrogens is 318 g/mol. The fourth-order valence-corrected chi connectivity index (χ4v) is 4.40. The van der Waals surface area contributed by atoms with Gasteiger partial charge in [0.15, 0.2) is 0 Å². The summed E-state index contributed by atoms with van der Waals surface area (Å²) >= 11 is 0. The van der Waals surface area contributed by atoms with Crippen LogP contribution in [0, 0.1) is 13.8 Å². The van der Waals surface area contributed by atoms with E-state index in [0.29, 0.717) is 5.39 Å². The highest BCUT2D eigenvalue weighted by Gasteiger charge is 2.26. The third-order valence-corrected chi connectivity index (χ3v) is 5.57. The monoisotopic (exact) mass is 331 g/mol. The van der Waals surface area contributed by atoms with Gasteiger partial charge in [-0.05, 0) is 38.1 Å². The molecule has 7 nitrogen and oxygen atoms in total. The van der Waals surface area contributed by atoms with Gasteiger partial charge in [-0.25, -0.2) is 13.2 Å². The van der Waals surface area contributed by atoms with Crippen LogP contribution in [0.3, 0.4) is 0 Å². The molecule has 0 bridgehead atoms. The number of rotatable bonds is 2. The number of pyridine rings is 1. The molecule has 8 heteroatoms. The minimum absolute atomic E-state index is 0.00144. The summed E-state index contributed by atoms with van der Waals surface area (Å²) in [5.41, 5.74) is -0.0681. The topological polar surface area (TPSA) is 113 Å². The lowest BCUT2D eigenvalue weighted by molar-refractivity contribution is 0.480. The van der Waals surface area contributed by atoms with Crippen LogP contribution in [0.15, 0.2) is 45.0 Å². The molecule has 0 radical (unpaired) electrons. The van der Waals surface area contributed by atoms with Crippen LogP contribution in [0.25, 0.3) is 10.9 Å². The number of fused-ring (bicyclic) bond motifs is 1. The number of H-pyrrole nitrogens is 1. The van der Waals surface area contributed by atoms with Gasteiger partial charge in [0, 0.05) is 17.3 Å². The maximum atomic E-state index is 13.0. The van der Waals surface area contributed by atoms with Crippen molar-refractivity contribution in [1.82, 2.24) is 15.0 Å². The summed E-state index contributed by atoms with van der Waals surface area (Å²) in [5, 5.41) is 10.2. The van der Waals surface area contributed by atoms with Crippen LogP contribution < -0.4 is 5.69 Å². The standard InChI is InChI=1S/C15H13N3O4S/c1-8-14(9(2)18-15(20)17-8)23(21,22)12-6-5-11(19)13-10(12)4-3-7-16-13/h3-7,19H,1-2H3,(H,17,18,20). The van der Waals surface area contributed by atoms with Gasteiger partial charge < -0.3 is 10.1 Å². The van der Waals surface area contributed by atoms with Crippen molar-refractivity contribution in [2.75, 3.05) is 0 Å². The van der Waals surface area contributed by atoms with Crippen LogP contribution in [-0.2, 0) is 9.84 Å². The molecule has 2 heterocycles. The van der Waals surface area contributed by atoms with Crippen molar-refractivity contribution in [1.29, 1.82) is 0 Å². The molecule has 0 fully saturated rings. The van der Waals surface area contributed by atoms with Gasteiger partial charge in [0.25, 0.3) is 0 Å². The van der Waals surface area contributed by atoms with E-state index < -0.39 is 15.5 Å². The molecule has 23 heavy (non-hydrogen) atoms. The normalized spacial score (nSPS) is 11.7. The zero-order chi connectivity index (χ0) is 16.8. The van der Waals surface area contributed by atoms with Crippen molar-refractivity contribution in [2.24, 2.45) is 0 Å². The first kappa shape index (κ1) is 15.2. The summed E-state index contributed by atoms with van der Waals surface area (Å²) in [4.78, 5) is 21.4. The molecule has 0 atom stereocenters. The summed E-state index contributed by atoms with van der Waals surface area (Å²) < 4.78 is 26.1. The average molecular weight is 331 g/mol. The lowest BCUT2D eigenvalue weighted by atomic mass is 10.2. The van der Waals surface area contributed by atoms with Gasteiger partial charge in [-0.15, -0.1) is 0 Å². The summed E-state index contributed by atoms with van der Waals surface area (Å²) in [6.07, 6.45) is 1.47. The lowest BCUT2D eigenvalue weighted by Gasteiger charge is -2.12. The van der Waals surface area contributed by atoms with Crippen LogP contribution in [-0.4, -0.2) is 28.5 Å². The van der Waals surface area contributed by atoms with Crippen molar-refractivity contribution in [3.05, 3.63) is 52.3 Å². The van der Waals surface area contributed by atoms with Gasteiger partial charge in [0.05, 0.1) is 10.6 Å². The van der Waals surface area contributed by atoms with E-state index in [2.05, 4.69) is 15.0 Å². The van der Waals surface area contributed by atoms with E-state index in [4.69, 9.17) is 0 Å². The number of aromatic nitrogens is 3. The Labute approximate surface area is 131 Å². The first-order chi connectivity index (χ1) is 10.8. The minimum atomic E-state index is -3.94. The first-order valence-electron chi connectivity index (χ1n) is 6.71. The Morgan fingerprint density at radius 3 is 2.61 bits per heavy atom. The number of benzene rings is 1. The number of hydrogen-bond acceptors (Lipinski definition) is 6. The van der Waals surface area contributed by atoms with E-state index in [1.165, 1.54) is 32.2 Å². The predicted octanol–water partition coefficient (Wildman–Crippen LogP) is 1.47. The van der Waals surface area contributed by atoms with E-state index in [9.17, 15) is 18.3 Å². The second-order valence-electron chi connectivity index (χ2n) is 5.07. The molecule has 0 unspecified atom stereocenters. The van der Waals surface area contributed by atoms with Gasteiger partial charge in [0.1, 0.15) is 16.2 Å². The molecule has 0 amide bonds. The van der Waals surface area contributed by atoms with Crippen molar-refractivity contribution in [2.45, 2.75) is 23.6 Å². The molecule has 2 N–H and O–H groups in total. The van der Waals surface area contributed by atoms with E-state index in [-0.39, 0.29) is 32.4 Å². The molecular formula is C15H13N3O4S. The molecule has 0 aliphatic carbocycles. The Morgan fingerprint density at radius 1 is 1.17 bits per heavy atom. The Balaban J connectivity index is 2.39. The van der Waals surface area contributed by atoms with E-state index in [1.54, 1.807) is 12.1 Å². The van der Waals surface area contributed by atoms with Gasteiger partial charge in [-0.1, -0.05) is 0 Å². The SMILES string of the molecule is Cc1nc(=O)[nH]c(C)c1S(=O)(=O)c1ccc(O)c2ncccc12. The van der Waals surface area contributed by atoms with E-state index >= 15 is 0 Å². The zero-order valence-electron chi connectivity index (χ0n) is 12.4. The smallest absolute Gasteiger partial charge is 0.345 e. The maximum absolute atomic E-state index is 13.0. The van der Waals surface area contributed by atoms with Gasteiger partial charge in [-0.2, -0.15) is 4.98 Å². The van der Waals surface area contributed by atoms with Crippen molar-refractivity contribution < 1.29 is 13.5 Å². The average Bonchev–Trinajstić information content (AvgIpc) is 2.46. The molecule has 0 aliphatic heterocycles. The van der Waals surface area contributed by atoms with Gasteiger partial charge in [0.2, 0.25) is 9.84 Å². The second-order valence-corrected chi connectivity index (χ2v) is 6.92. The molecule has 3 rings (SSSR count). The quantitative estimate of drug-likeness (QED) is 0.735. The highest BCUT2D eigenvalue weighted by Crippen LogP contribution is 2.33. The highest BCUT2D eigenvalue weighted by molar-refractivity contribution is 7.91. The Hall–Kier alpha value is -2.74. The zero-order valence-corrected chi connectivity index (χ0v) is 13.2. The number of nitrogens with one attached hydrogen (secondary N) is 1. The fraction of sp³-hybridized carbons (Fsp3) is 0.133. The number of hydrogen-bond donors (Lipinski definition) is 2. The summed E-state index contributed by atoms with van der Waals surface area (Å²) in [6, 6.07) is 5.76. The molecule has 0 aliphatic rings. The molecule has 0 spiro atoms. The predicted molar refractivity (Wildman–Crippen MR) is 83.2 cm³/mol. The van der Waals surface area contributed by atoms with E-state index in [1.807, 2.05) is 0 Å². The minimum Gasteiger partial charge on any atom is -0.506 e. The van der Waals surface area contributed by atoms with Crippen LogP contribution in [0.5, 0.6) is 5.75 Å². The summed E-state index contributed by atoms with van der Waals surface area (Å²) in [5.74, 6) is -0.104. The highest BCUT2D eigenvalue weighted by atomic mass is 32.2. The van der Waals surface area contributed by atoms with Crippen LogP contribution >= 0.6 is 0 Å². The van der Waals surface area contributed by atoms with Crippen molar-refractivity contribution >= 4 is 20.7 Å². The largest absolute Gasteiger partial charge is 0.506 e. The summed E-state index contributed by atoms with van der Waals surface area (Å²) in [6.45, 7) is 2.97. The van der Waals surface area contributed by atoms with Crippen LogP contribution in [0.4, 0.5) is 0 Å². The molecule has 0 saturated heterocycles. The Morgan fingerprint density at radius 2 is 1.91 bits per heavy atom. The number of aryl methyl sites for hydroxylation is 2. The molecule has 0 saturated carbocycles. The fourth-order valence-electron chi connectivity index (χ4n) is 2.59. The van der Waals surface area contributed by atoms with Crippen LogP contribution in [0.1, 0.15) is 11.4 Å². The third kappa shape index (κ3) is 2.36. The Kier molecular flexibility index (Phi) is 3.41. The van der Waals surface area contributed by atoms with Crippen molar-refractivity contribution in [3.63, 3.8) is 0 Å². The number of nitrogens with zero attached hydrogens (tertiary/aromatic N) is 2. The number of phenols is 1. The van der Waals surface area contributed by atoms with Crippen LogP contribution in [0.2, 0.25) is 0 Å². The molecule has 1 aromatic carbocycles.